The van der Waals surface area contributed by atoms with Crippen LogP contribution in [0.15, 0.2) is 39.6 Å². The Morgan fingerprint density at radius 1 is 1.32 bits per heavy atom. The average molecular weight is 463 g/mol. The van der Waals surface area contributed by atoms with Crippen molar-refractivity contribution in [2.75, 3.05) is 6.54 Å². The fourth-order valence-electron chi connectivity index (χ4n) is 2.18. The van der Waals surface area contributed by atoms with E-state index >= 15 is 0 Å². The first-order valence-electron chi connectivity index (χ1n) is 8.06. The number of nitrogens with one attached hydrogen (secondary N) is 1. The van der Waals surface area contributed by atoms with Gasteiger partial charge >= 0.3 is 11.8 Å². The molecule has 1 N–H and O–H groups in total. The molecule has 0 spiro atoms. The van der Waals surface area contributed by atoms with Gasteiger partial charge in [-0.2, -0.15) is 5.10 Å². The Balaban J connectivity index is 2.16. The summed E-state index contributed by atoms with van der Waals surface area (Å²) in [6.07, 6.45) is 0.377. The van der Waals surface area contributed by atoms with E-state index < -0.39 is 34.7 Å². The lowest BCUT2D eigenvalue weighted by atomic mass is 10.2. The second-order valence-corrected chi connectivity index (χ2v) is 7.70. The molecule has 0 saturated heterocycles. The van der Waals surface area contributed by atoms with Gasteiger partial charge in [0.05, 0.1) is 12.9 Å². The minimum absolute atomic E-state index is 0.00467. The number of halogens is 4. The molecule has 0 fully saturated rings. The van der Waals surface area contributed by atoms with E-state index in [0.29, 0.717) is 4.57 Å². The van der Waals surface area contributed by atoms with Crippen molar-refractivity contribution in [3.63, 3.8) is 0 Å². The van der Waals surface area contributed by atoms with Crippen molar-refractivity contribution in [3.8, 4) is 5.69 Å². The zero-order valence-corrected chi connectivity index (χ0v) is 16.9. The van der Waals surface area contributed by atoms with Gasteiger partial charge in [-0.1, -0.05) is 15.9 Å². The molecular weight excluding hydrogens is 445 g/mol. The summed E-state index contributed by atoms with van der Waals surface area (Å²) in [4.78, 5) is 24.0. The Bertz CT molecular complexity index is 940. The smallest absolute Gasteiger partial charge is 0.407 e. The zero-order chi connectivity index (χ0) is 21.1. The number of aromatic nitrogens is 3. The predicted octanol–water partition coefficient (Wildman–Crippen LogP) is 3.45. The summed E-state index contributed by atoms with van der Waals surface area (Å²) in [6.45, 7) is 4.44. The van der Waals surface area contributed by atoms with Crippen LogP contribution in [-0.2, 0) is 11.3 Å². The summed E-state index contributed by atoms with van der Waals surface area (Å²) >= 11 is 2.95. The van der Waals surface area contributed by atoms with Crippen LogP contribution < -0.4 is 11.0 Å². The number of carbonyl (C=O) groups is 1. The van der Waals surface area contributed by atoms with Crippen LogP contribution in [0.2, 0.25) is 0 Å². The molecule has 0 unspecified atom stereocenters. The summed E-state index contributed by atoms with van der Waals surface area (Å²) in [7, 11) is 0. The number of hydrogen-bond acceptors (Lipinski definition) is 4. The number of benzene rings is 1. The summed E-state index contributed by atoms with van der Waals surface area (Å²) in [5, 5.41) is 6.09. The van der Waals surface area contributed by atoms with Crippen LogP contribution in [0.1, 0.15) is 20.8 Å². The molecule has 0 saturated carbocycles. The van der Waals surface area contributed by atoms with Gasteiger partial charge in [0.1, 0.15) is 17.6 Å². The van der Waals surface area contributed by atoms with Crippen molar-refractivity contribution < 1.29 is 22.7 Å². The predicted molar refractivity (Wildman–Crippen MR) is 98.9 cm³/mol. The standard InChI is InChI=1S/C17H18BrF3N4O3/c1-17(2,3)28-15(26)22-7-10(6-19)8-25-16(27)24(9-23-25)14-12(20)4-11(18)5-13(14)21/h4-6,9H,7-8H2,1-3H3,(H,22,26). The molecular formula is C17H18BrF3N4O3. The molecule has 0 aliphatic heterocycles. The van der Waals surface area contributed by atoms with Crippen molar-refractivity contribution in [1.29, 1.82) is 0 Å². The lowest BCUT2D eigenvalue weighted by Gasteiger charge is -2.19. The molecule has 0 radical (unpaired) electrons. The summed E-state index contributed by atoms with van der Waals surface area (Å²) < 4.78 is 47.9. The third-order valence-corrected chi connectivity index (χ3v) is 3.78. The fraction of sp³-hybridized carbons (Fsp3) is 0.353. The van der Waals surface area contributed by atoms with Crippen LogP contribution >= 0.6 is 15.9 Å². The van der Waals surface area contributed by atoms with Crippen LogP contribution in [0.5, 0.6) is 0 Å². The topological polar surface area (TPSA) is 78.2 Å². The monoisotopic (exact) mass is 462 g/mol. The zero-order valence-electron chi connectivity index (χ0n) is 15.3. The van der Waals surface area contributed by atoms with Gasteiger partial charge in [-0.05, 0) is 38.5 Å². The van der Waals surface area contributed by atoms with Crippen LogP contribution in [-0.4, -0.2) is 32.6 Å². The molecule has 2 aromatic rings. The normalized spacial score (nSPS) is 12.2. The van der Waals surface area contributed by atoms with E-state index in [1.54, 1.807) is 20.8 Å². The second-order valence-electron chi connectivity index (χ2n) is 6.78. The number of ether oxygens (including phenoxy) is 1. The quantitative estimate of drug-likeness (QED) is 0.737. The van der Waals surface area contributed by atoms with E-state index in [4.69, 9.17) is 4.74 Å². The van der Waals surface area contributed by atoms with Gasteiger partial charge in [-0.25, -0.2) is 32.0 Å². The van der Waals surface area contributed by atoms with E-state index in [2.05, 4.69) is 26.3 Å². The van der Waals surface area contributed by atoms with E-state index in [0.717, 1.165) is 23.1 Å². The molecule has 0 bridgehead atoms. The summed E-state index contributed by atoms with van der Waals surface area (Å²) in [6, 6.07) is 2.00. The molecule has 1 heterocycles. The molecule has 2 rings (SSSR count). The Kier molecular flexibility index (Phi) is 6.70. The molecule has 7 nitrogen and oxygen atoms in total. The highest BCUT2D eigenvalue weighted by atomic mass is 79.9. The number of carbonyl (C=O) groups excluding carboxylic acids is 1. The maximum Gasteiger partial charge on any atom is 0.407 e. The minimum Gasteiger partial charge on any atom is -0.444 e. The Labute approximate surface area is 166 Å². The molecule has 0 aliphatic rings. The Hall–Kier alpha value is -2.56. The van der Waals surface area contributed by atoms with E-state index in [-0.39, 0.29) is 29.5 Å². The SMILES string of the molecule is CC(C)(C)OC(=O)NCC(=CF)Cn1ncn(-c2c(F)cc(Br)cc2F)c1=O. The third-order valence-electron chi connectivity index (χ3n) is 3.32. The van der Waals surface area contributed by atoms with Gasteiger partial charge in [0.15, 0.2) is 11.6 Å². The van der Waals surface area contributed by atoms with Crippen molar-refractivity contribution in [3.05, 3.63) is 57.0 Å². The van der Waals surface area contributed by atoms with Gasteiger partial charge in [-0.3, -0.25) is 0 Å². The second kappa shape index (κ2) is 8.63. The number of alkyl carbamates (subject to hydrolysis) is 1. The molecule has 1 aromatic heterocycles. The van der Waals surface area contributed by atoms with E-state index in [9.17, 15) is 22.8 Å². The first-order chi connectivity index (χ1) is 13.0. The number of nitrogens with zero attached hydrogens (tertiary/aromatic N) is 3. The summed E-state index contributed by atoms with van der Waals surface area (Å²) in [5.74, 6) is -1.94. The lowest BCUT2D eigenvalue weighted by Crippen LogP contribution is -2.34. The maximum atomic E-state index is 14.1. The molecule has 28 heavy (non-hydrogen) atoms. The van der Waals surface area contributed by atoms with Crippen LogP contribution in [0.4, 0.5) is 18.0 Å². The molecule has 11 heteroatoms. The molecule has 1 aromatic carbocycles. The minimum atomic E-state index is -0.971. The fourth-order valence-corrected chi connectivity index (χ4v) is 2.59. The van der Waals surface area contributed by atoms with Gasteiger partial charge in [0, 0.05) is 11.0 Å². The van der Waals surface area contributed by atoms with Gasteiger partial charge in [0.2, 0.25) is 0 Å². The van der Waals surface area contributed by atoms with Crippen molar-refractivity contribution >= 4 is 22.0 Å². The van der Waals surface area contributed by atoms with Crippen LogP contribution in [0, 0.1) is 11.6 Å². The largest absolute Gasteiger partial charge is 0.444 e. The molecule has 0 atom stereocenters. The Morgan fingerprint density at radius 2 is 1.93 bits per heavy atom. The first-order valence-corrected chi connectivity index (χ1v) is 8.85. The molecule has 152 valence electrons. The van der Waals surface area contributed by atoms with Gasteiger partial charge in [0.25, 0.3) is 0 Å². The van der Waals surface area contributed by atoms with Crippen molar-refractivity contribution in [2.24, 2.45) is 0 Å². The van der Waals surface area contributed by atoms with Gasteiger partial charge in [-0.15, -0.1) is 0 Å². The third kappa shape index (κ3) is 5.47. The molecule has 0 aliphatic carbocycles. The lowest BCUT2D eigenvalue weighted by molar-refractivity contribution is 0.0532. The van der Waals surface area contributed by atoms with Crippen molar-refractivity contribution in [2.45, 2.75) is 32.9 Å². The number of hydrogen-bond donors (Lipinski definition) is 1. The highest BCUT2D eigenvalue weighted by Crippen LogP contribution is 2.21. The summed E-state index contributed by atoms with van der Waals surface area (Å²) in [5.41, 5.74) is -2.21. The van der Waals surface area contributed by atoms with E-state index in [1.807, 2.05) is 0 Å². The van der Waals surface area contributed by atoms with Gasteiger partial charge < -0.3 is 10.1 Å². The maximum absolute atomic E-state index is 14.1. The number of rotatable bonds is 5. The van der Waals surface area contributed by atoms with E-state index in [1.165, 1.54) is 0 Å². The first kappa shape index (κ1) is 21.7. The average Bonchev–Trinajstić information content (AvgIpc) is 2.90. The molecule has 1 amide bonds. The van der Waals surface area contributed by atoms with Crippen LogP contribution in [0.25, 0.3) is 5.69 Å². The Morgan fingerprint density at radius 3 is 2.46 bits per heavy atom. The highest BCUT2D eigenvalue weighted by molar-refractivity contribution is 9.10. The van der Waals surface area contributed by atoms with Crippen LogP contribution in [0.3, 0.4) is 0 Å². The highest BCUT2D eigenvalue weighted by Gasteiger charge is 2.19. The number of amides is 1. The van der Waals surface area contributed by atoms with Crippen molar-refractivity contribution in [1.82, 2.24) is 19.7 Å².